The number of aromatic nitrogens is 2. The Kier molecular flexibility index (Phi) is 13.5. The van der Waals surface area contributed by atoms with Crippen molar-refractivity contribution in [3.05, 3.63) is 69.3 Å². The molecule has 58 heavy (non-hydrogen) atoms. The van der Waals surface area contributed by atoms with Crippen molar-refractivity contribution < 1.29 is 39.3 Å². The maximum absolute atomic E-state index is 15.1. The second-order valence-electron chi connectivity index (χ2n) is 18.3. The zero-order chi connectivity index (χ0) is 44.5. The predicted molar refractivity (Wildman–Crippen MR) is 222 cm³/mol. The van der Waals surface area contributed by atoms with Gasteiger partial charge in [-0.15, -0.1) is 6.42 Å². The van der Waals surface area contributed by atoms with Gasteiger partial charge in [0.2, 0.25) is 5.54 Å². The maximum atomic E-state index is 15.1. The molecular formula is C44H59N5O9. The molecule has 14 nitrogen and oxygen atoms in total. The third-order valence-electron chi connectivity index (χ3n) is 11.4. The summed E-state index contributed by atoms with van der Waals surface area (Å²) in [6, 6.07) is 8.23. The summed E-state index contributed by atoms with van der Waals surface area (Å²) in [4.78, 5) is 92.3. The van der Waals surface area contributed by atoms with Crippen LogP contribution in [0.2, 0.25) is 0 Å². The van der Waals surface area contributed by atoms with Crippen molar-refractivity contribution in [2.24, 2.45) is 33.3 Å². The first kappa shape index (κ1) is 46.8. The molecule has 1 heterocycles. The molecule has 0 saturated carbocycles. The number of nitrogens with one attached hydrogen (secondary N) is 1. The zero-order valence-corrected chi connectivity index (χ0v) is 35.7. The van der Waals surface area contributed by atoms with Crippen molar-refractivity contribution in [3.8, 4) is 12.3 Å². The summed E-state index contributed by atoms with van der Waals surface area (Å²) < 4.78 is 0. The number of nitrogens with zero attached hydrogens (tertiary/aromatic N) is 3. The number of carbonyl (C=O) groups excluding carboxylic acids is 2. The second-order valence-corrected chi connectivity index (χ2v) is 18.3. The molecule has 1 unspecified atom stereocenters. The number of hydrogen-bond acceptors (Lipinski definition) is 9. The van der Waals surface area contributed by atoms with Gasteiger partial charge >= 0.3 is 17.9 Å². The largest absolute Gasteiger partial charge is 0.481 e. The molecule has 0 bridgehead atoms. The molecule has 0 aliphatic heterocycles. The van der Waals surface area contributed by atoms with Gasteiger partial charge in [0.25, 0.3) is 11.5 Å². The van der Waals surface area contributed by atoms with Crippen LogP contribution in [0.5, 0.6) is 0 Å². The Balaban J connectivity index is 2.32. The number of H-pyrrole nitrogens is 1. The molecule has 3 rings (SSSR count). The minimum absolute atomic E-state index is 0.0122. The van der Waals surface area contributed by atoms with Crippen LogP contribution >= 0.6 is 0 Å². The summed E-state index contributed by atoms with van der Waals surface area (Å²) >= 11 is 0. The Bertz CT molecular complexity index is 2170. The number of benzene rings is 2. The molecule has 0 aliphatic rings. The van der Waals surface area contributed by atoms with Crippen LogP contribution in [0, 0.1) is 53.8 Å². The fourth-order valence-corrected chi connectivity index (χ4v) is 9.52. The number of nitrogens with two attached hydrogens (primary N) is 1. The van der Waals surface area contributed by atoms with Crippen molar-refractivity contribution in [1.29, 1.82) is 0 Å². The maximum Gasteiger partial charge on any atom is 0.338 e. The first-order chi connectivity index (χ1) is 26.5. The highest BCUT2D eigenvalue weighted by Gasteiger charge is 2.77. The summed E-state index contributed by atoms with van der Waals surface area (Å²) in [5, 5.41) is 32.7. The summed E-state index contributed by atoms with van der Waals surface area (Å²) in [6.45, 7) is 18.9. The monoisotopic (exact) mass is 801 g/mol. The van der Waals surface area contributed by atoms with Crippen LogP contribution in [0.15, 0.2) is 41.2 Å². The summed E-state index contributed by atoms with van der Waals surface area (Å²) in [7, 11) is 1.18. The Morgan fingerprint density at radius 3 is 1.90 bits per heavy atom. The Hall–Kier alpha value is -5.55. The molecule has 314 valence electrons. The van der Waals surface area contributed by atoms with Crippen LogP contribution in [0.25, 0.3) is 10.9 Å². The molecule has 0 aliphatic carbocycles. The van der Waals surface area contributed by atoms with E-state index in [2.05, 4.69) is 15.9 Å². The van der Waals surface area contributed by atoms with Crippen LogP contribution < -0.4 is 16.2 Å². The summed E-state index contributed by atoms with van der Waals surface area (Å²) in [5.74, 6) is -4.91. The summed E-state index contributed by atoms with van der Waals surface area (Å²) in [6.07, 6.45) is 4.62. The Labute approximate surface area is 340 Å². The number of Topliss-reactive ketones (excluding diaryl/α,β-unsaturated/α-hetero) is 1. The number of anilines is 1. The number of carboxylic acids is 3. The standard InChI is InChI=1S/C44H59N5O9/c1-14-21-49(24-28-23-30-32(22-25(28)2)46-26(3)47-35(30)51)29-17-15-27(16-18-29)36(52)48(13)43(39(57)58,33(50)20-19-31(45)37(53)54)44(41(7,8)9,42(10,11)12)34(38(55)56)40(4,5)6/h1,15-18,22-23,31,34H,19-21,24,45H2,2-13H3,(H,53,54)(H,55,56)(H,57,58)(H,46,47,51)/t31-,34?,43+/m0/s1. The minimum Gasteiger partial charge on any atom is -0.481 e. The van der Waals surface area contributed by atoms with E-state index in [0.717, 1.165) is 16.0 Å². The van der Waals surface area contributed by atoms with E-state index >= 15 is 4.79 Å². The van der Waals surface area contributed by atoms with E-state index < -0.39 is 81.6 Å². The smallest absolute Gasteiger partial charge is 0.338 e. The molecule has 14 heteroatoms. The van der Waals surface area contributed by atoms with Crippen molar-refractivity contribution in [2.75, 3.05) is 18.5 Å². The number of aryl methyl sites for hydroxylation is 2. The lowest BCUT2D eigenvalue weighted by atomic mass is 9.37. The lowest BCUT2D eigenvalue weighted by molar-refractivity contribution is -0.222. The van der Waals surface area contributed by atoms with Crippen LogP contribution in [0.3, 0.4) is 0 Å². The third kappa shape index (κ3) is 8.36. The molecule has 0 radical (unpaired) electrons. The SMILES string of the molecule is C#CCN(Cc1cc2c(=O)[nH]c(C)nc2cc1C)c1ccc(C(=O)N(C)[C@@](C(=O)O)(C(=O)CC[C@H](N)C(=O)O)C(C(C(=O)O)C(C)(C)C)(C(C)(C)C)C(C)(C)C)cc1. The van der Waals surface area contributed by atoms with E-state index in [1.165, 1.54) is 19.2 Å². The normalized spacial score (nSPS) is 14.5. The van der Waals surface area contributed by atoms with Crippen molar-refractivity contribution in [3.63, 3.8) is 0 Å². The van der Waals surface area contributed by atoms with Gasteiger partial charge in [-0.05, 0) is 84.0 Å². The number of terminal acetylenes is 1. The fourth-order valence-electron chi connectivity index (χ4n) is 9.52. The first-order valence-corrected chi connectivity index (χ1v) is 19.1. The van der Waals surface area contributed by atoms with E-state index in [0.29, 0.717) is 22.4 Å². The highest BCUT2D eigenvalue weighted by atomic mass is 16.4. The molecule has 2 aromatic carbocycles. The topological polar surface area (TPSA) is 224 Å². The number of carboxylic acid groups (broad SMARTS) is 3. The Morgan fingerprint density at radius 1 is 0.897 bits per heavy atom. The van der Waals surface area contributed by atoms with Crippen molar-refractivity contribution in [1.82, 2.24) is 14.9 Å². The van der Waals surface area contributed by atoms with Gasteiger partial charge in [0, 0.05) is 36.7 Å². The molecule has 1 amide bonds. The fraction of sp³-hybridized carbons (Fsp3) is 0.523. The number of carbonyl (C=O) groups is 5. The number of rotatable bonds is 15. The van der Waals surface area contributed by atoms with E-state index in [1.54, 1.807) is 87.4 Å². The number of aromatic amines is 1. The van der Waals surface area contributed by atoms with Gasteiger partial charge in [-0.2, -0.15) is 0 Å². The van der Waals surface area contributed by atoms with Gasteiger partial charge in [-0.3, -0.25) is 24.0 Å². The molecule has 6 N–H and O–H groups in total. The van der Waals surface area contributed by atoms with Crippen LogP contribution in [-0.2, 0) is 25.7 Å². The van der Waals surface area contributed by atoms with E-state index in [9.17, 15) is 39.3 Å². The number of fused-ring (bicyclic) bond motifs is 1. The number of hydrogen-bond donors (Lipinski definition) is 5. The third-order valence-corrected chi connectivity index (χ3v) is 11.4. The lowest BCUT2D eigenvalue weighted by Gasteiger charge is -2.67. The zero-order valence-electron chi connectivity index (χ0n) is 35.7. The van der Waals surface area contributed by atoms with Crippen LogP contribution in [-0.4, -0.2) is 85.0 Å². The predicted octanol–water partition coefficient (Wildman–Crippen LogP) is 5.66. The van der Waals surface area contributed by atoms with E-state index in [4.69, 9.17) is 12.2 Å². The van der Waals surface area contributed by atoms with Gasteiger partial charge in [-0.1, -0.05) is 68.2 Å². The second kappa shape index (κ2) is 16.7. The Morgan fingerprint density at radius 2 is 1.45 bits per heavy atom. The average Bonchev–Trinajstić information content (AvgIpc) is 3.08. The molecule has 3 atom stereocenters. The van der Waals surface area contributed by atoms with Gasteiger partial charge < -0.3 is 35.8 Å². The van der Waals surface area contributed by atoms with E-state index in [1.807, 2.05) is 17.9 Å². The number of amides is 1. The lowest BCUT2D eigenvalue weighted by Crippen LogP contribution is -2.79. The molecule has 0 fully saturated rings. The van der Waals surface area contributed by atoms with Gasteiger partial charge in [0.05, 0.1) is 23.4 Å². The number of aliphatic carboxylic acids is 3. The van der Waals surface area contributed by atoms with Crippen molar-refractivity contribution in [2.45, 2.75) is 107 Å². The molecule has 0 spiro atoms. The molecular weight excluding hydrogens is 743 g/mol. The quantitative estimate of drug-likeness (QED) is 0.0928. The van der Waals surface area contributed by atoms with Gasteiger partial charge in [-0.25, -0.2) is 9.78 Å². The van der Waals surface area contributed by atoms with Crippen molar-refractivity contribution >= 4 is 46.2 Å². The first-order valence-electron chi connectivity index (χ1n) is 19.1. The molecule has 3 aromatic rings. The molecule has 1 aromatic heterocycles. The molecule has 0 saturated heterocycles. The highest BCUT2D eigenvalue weighted by Crippen LogP contribution is 2.67. The average molecular weight is 802 g/mol. The highest BCUT2D eigenvalue weighted by molar-refractivity contribution is 6.14. The van der Waals surface area contributed by atoms with Gasteiger partial charge in [0.15, 0.2) is 5.78 Å². The van der Waals surface area contributed by atoms with Gasteiger partial charge in [0.1, 0.15) is 11.9 Å². The minimum atomic E-state index is -2.89. The number of ketones is 1. The number of likely N-dealkylation sites (N-methyl/N-ethyl adjacent to an activating group) is 1. The summed E-state index contributed by atoms with van der Waals surface area (Å²) in [5.41, 5.74) is -0.436. The van der Waals surface area contributed by atoms with E-state index in [-0.39, 0.29) is 24.2 Å². The van der Waals surface area contributed by atoms with Crippen LogP contribution in [0.1, 0.15) is 102 Å². The van der Waals surface area contributed by atoms with Crippen LogP contribution in [0.4, 0.5) is 5.69 Å².